The fraction of sp³-hybridized carbons (Fsp3) is 0.0800. The molecule has 1 amide bonds. The van der Waals surface area contributed by atoms with Gasteiger partial charge in [-0.2, -0.15) is 13.2 Å². The highest BCUT2D eigenvalue weighted by Crippen LogP contribution is 2.35. The number of benzene rings is 2. The van der Waals surface area contributed by atoms with E-state index in [1.807, 2.05) is 0 Å². The summed E-state index contributed by atoms with van der Waals surface area (Å²) in [6.45, 7) is 1.49. The SMILES string of the molecule is Cc1c(NC(=O)c2cc(F)cc(C(F)(F)F)c2)ccc(F)c1Nc1ncccc1-c1ncnc2nc[nH]c12. The number of halogens is 5. The smallest absolute Gasteiger partial charge is 0.341 e. The average molecular weight is 525 g/mol. The zero-order chi connectivity index (χ0) is 27.0. The van der Waals surface area contributed by atoms with Gasteiger partial charge in [-0.05, 0) is 55.0 Å². The molecule has 0 aliphatic rings. The molecule has 0 saturated heterocycles. The second-order valence-electron chi connectivity index (χ2n) is 8.12. The number of rotatable bonds is 5. The highest BCUT2D eigenvalue weighted by molar-refractivity contribution is 6.05. The third-order valence-electron chi connectivity index (χ3n) is 5.68. The van der Waals surface area contributed by atoms with Crippen LogP contribution in [0.25, 0.3) is 22.4 Å². The van der Waals surface area contributed by atoms with E-state index >= 15 is 0 Å². The van der Waals surface area contributed by atoms with Gasteiger partial charge < -0.3 is 15.6 Å². The molecule has 3 aromatic heterocycles. The van der Waals surface area contributed by atoms with E-state index < -0.39 is 34.8 Å². The van der Waals surface area contributed by atoms with Gasteiger partial charge in [-0.25, -0.2) is 28.7 Å². The fourth-order valence-corrected chi connectivity index (χ4v) is 3.83. The molecule has 5 rings (SSSR count). The van der Waals surface area contributed by atoms with Crippen molar-refractivity contribution in [3.05, 3.63) is 89.6 Å². The summed E-state index contributed by atoms with van der Waals surface area (Å²) in [5, 5.41) is 5.33. The van der Waals surface area contributed by atoms with Crippen molar-refractivity contribution in [2.24, 2.45) is 0 Å². The van der Waals surface area contributed by atoms with Crippen LogP contribution in [-0.4, -0.2) is 30.8 Å². The molecule has 3 heterocycles. The molecule has 0 radical (unpaired) electrons. The van der Waals surface area contributed by atoms with E-state index in [4.69, 9.17) is 0 Å². The molecule has 192 valence electrons. The number of fused-ring (bicyclic) bond motifs is 1. The van der Waals surface area contributed by atoms with Crippen LogP contribution in [0.3, 0.4) is 0 Å². The van der Waals surface area contributed by atoms with Gasteiger partial charge in [0.25, 0.3) is 5.91 Å². The number of carbonyl (C=O) groups is 1. The molecule has 0 spiro atoms. The van der Waals surface area contributed by atoms with Crippen molar-refractivity contribution in [1.29, 1.82) is 0 Å². The molecular weight excluding hydrogens is 509 g/mol. The topological polar surface area (TPSA) is 108 Å². The van der Waals surface area contributed by atoms with E-state index in [1.165, 1.54) is 31.8 Å². The Morgan fingerprint density at radius 3 is 2.61 bits per heavy atom. The summed E-state index contributed by atoms with van der Waals surface area (Å²) in [7, 11) is 0. The van der Waals surface area contributed by atoms with Crippen molar-refractivity contribution in [1.82, 2.24) is 24.9 Å². The Balaban J connectivity index is 1.48. The van der Waals surface area contributed by atoms with Gasteiger partial charge in [-0.15, -0.1) is 0 Å². The van der Waals surface area contributed by atoms with Crippen LogP contribution in [0.1, 0.15) is 21.5 Å². The summed E-state index contributed by atoms with van der Waals surface area (Å²) in [6.07, 6.45) is -0.573. The Kier molecular flexibility index (Phi) is 6.18. The van der Waals surface area contributed by atoms with Crippen LogP contribution in [0.4, 0.5) is 39.1 Å². The number of amides is 1. The fourth-order valence-electron chi connectivity index (χ4n) is 3.83. The van der Waals surface area contributed by atoms with Crippen molar-refractivity contribution in [3.63, 3.8) is 0 Å². The lowest BCUT2D eigenvalue weighted by Crippen LogP contribution is -2.16. The first-order valence-corrected chi connectivity index (χ1v) is 11.0. The highest BCUT2D eigenvalue weighted by atomic mass is 19.4. The van der Waals surface area contributed by atoms with Crippen LogP contribution in [0, 0.1) is 18.6 Å². The number of nitrogens with zero attached hydrogens (tertiary/aromatic N) is 4. The molecule has 38 heavy (non-hydrogen) atoms. The Bertz CT molecular complexity index is 1680. The molecule has 0 saturated carbocycles. The van der Waals surface area contributed by atoms with Crippen molar-refractivity contribution >= 4 is 34.3 Å². The van der Waals surface area contributed by atoms with Gasteiger partial charge >= 0.3 is 6.18 Å². The summed E-state index contributed by atoms with van der Waals surface area (Å²) >= 11 is 0. The molecule has 5 aromatic rings. The first-order chi connectivity index (χ1) is 18.1. The van der Waals surface area contributed by atoms with Crippen molar-refractivity contribution in [2.75, 3.05) is 10.6 Å². The zero-order valence-electron chi connectivity index (χ0n) is 19.4. The maximum atomic E-state index is 14.9. The molecule has 0 fully saturated rings. The molecule has 0 bridgehead atoms. The monoisotopic (exact) mass is 525 g/mol. The van der Waals surface area contributed by atoms with Crippen LogP contribution in [0.15, 0.2) is 61.3 Å². The third kappa shape index (κ3) is 4.73. The molecule has 2 aromatic carbocycles. The molecule has 0 aliphatic carbocycles. The predicted octanol–water partition coefficient (Wildman–Crippen LogP) is 6.02. The van der Waals surface area contributed by atoms with Crippen LogP contribution >= 0.6 is 0 Å². The van der Waals surface area contributed by atoms with E-state index in [0.29, 0.717) is 40.6 Å². The van der Waals surface area contributed by atoms with Gasteiger partial charge in [-0.1, -0.05) is 0 Å². The second kappa shape index (κ2) is 9.50. The standard InChI is InChI=1S/C25H16F5N7O/c1-12-18(36-24(38)13-7-14(25(28,29)30)9-15(26)8-13)5-4-17(27)19(12)37-22-16(3-2-6-31-22)20-21-23(34-10-32-20)35-11-33-21/h2-11H,1H3,(H,31,37)(H,36,38)(H,32,33,34,35). The third-order valence-corrected chi connectivity index (χ3v) is 5.68. The van der Waals surface area contributed by atoms with Crippen molar-refractivity contribution in [3.8, 4) is 11.3 Å². The van der Waals surface area contributed by atoms with Gasteiger partial charge in [0.1, 0.15) is 35.0 Å². The number of pyridine rings is 1. The zero-order valence-corrected chi connectivity index (χ0v) is 19.4. The number of anilines is 3. The lowest BCUT2D eigenvalue weighted by Gasteiger charge is -2.17. The molecule has 0 atom stereocenters. The summed E-state index contributed by atoms with van der Waals surface area (Å²) in [5.41, 5.74) is 0.318. The number of H-pyrrole nitrogens is 1. The Morgan fingerprint density at radius 1 is 1.00 bits per heavy atom. The molecular formula is C25H16F5N7O. The number of hydrogen-bond donors (Lipinski definition) is 3. The first-order valence-electron chi connectivity index (χ1n) is 11.0. The summed E-state index contributed by atoms with van der Waals surface area (Å²) < 4.78 is 67.9. The molecule has 13 heteroatoms. The van der Waals surface area contributed by atoms with E-state index in [0.717, 1.165) is 6.07 Å². The van der Waals surface area contributed by atoms with E-state index in [2.05, 4.69) is 35.6 Å². The predicted molar refractivity (Wildman–Crippen MR) is 129 cm³/mol. The summed E-state index contributed by atoms with van der Waals surface area (Å²) in [6, 6.07) is 7.20. The first kappa shape index (κ1) is 24.7. The summed E-state index contributed by atoms with van der Waals surface area (Å²) in [5.74, 6) is -2.68. The number of alkyl halides is 3. The lowest BCUT2D eigenvalue weighted by molar-refractivity contribution is -0.137. The van der Waals surface area contributed by atoms with Gasteiger partial charge in [0, 0.05) is 23.0 Å². The van der Waals surface area contributed by atoms with Crippen molar-refractivity contribution in [2.45, 2.75) is 13.1 Å². The molecule has 0 aliphatic heterocycles. The number of imidazole rings is 1. The number of aromatic amines is 1. The lowest BCUT2D eigenvalue weighted by atomic mass is 10.1. The highest BCUT2D eigenvalue weighted by Gasteiger charge is 2.32. The number of carbonyl (C=O) groups excluding carboxylic acids is 1. The van der Waals surface area contributed by atoms with Gasteiger partial charge in [0.15, 0.2) is 5.65 Å². The molecule has 3 N–H and O–H groups in total. The summed E-state index contributed by atoms with van der Waals surface area (Å²) in [4.78, 5) is 32.4. The van der Waals surface area contributed by atoms with Crippen LogP contribution in [0.2, 0.25) is 0 Å². The van der Waals surface area contributed by atoms with Crippen molar-refractivity contribution < 1.29 is 26.7 Å². The van der Waals surface area contributed by atoms with Gasteiger partial charge in [0.05, 0.1) is 17.6 Å². The van der Waals surface area contributed by atoms with Crippen LogP contribution in [-0.2, 0) is 6.18 Å². The number of nitrogens with one attached hydrogen (secondary N) is 3. The maximum Gasteiger partial charge on any atom is 0.416 e. The largest absolute Gasteiger partial charge is 0.416 e. The van der Waals surface area contributed by atoms with Crippen LogP contribution in [0.5, 0.6) is 0 Å². The van der Waals surface area contributed by atoms with E-state index in [1.54, 1.807) is 12.1 Å². The Morgan fingerprint density at radius 2 is 1.82 bits per heavy atom. The quantitative estimate of drug-likeness (QED) is 0.242. The van der Waals surface area contributed by atoms with E-state index in [9.17, 15) is 26.7 Å². The number of hydrogen-bond acceptors (Lipinski definition) is 6. The Hall–Kier alpha value is -4.94. The molecule has 0 unspecified atom stereocenters. The molecule has 8 nitrogen and oxygen atoms in total. The normalized spacial score (nSPS) is 11.5. The minimum Gasteiger partial charge on any atom is -0.341 e. The van der Waals surface area contributed by atoms with Gasteiger partial charge in [0.2, 0.25) is 0 Å². The average Bonchev–Trinajstić information content (AvgIpc) is 3.37. The maximum absolute atomic E-state index is 14.9. The second-order valence-corrected chi connectivity index (χ2v) is 8.12. The van der Waals surface area contributed by atoms with E-state index in [-0.39, 0.29) is 22.8 Å². The Labute approximate surface area is 211 Å². The number of aromatic nitrogens is 5. The minimum absolute atomic E-state index is 0.0483. The minimum atomic E-state index is -4.84. The van der Waals surface area contributed by atoms with Gasteiger partial charge in [-0.3, -0.25) is 4.79 Å². The van der Waals surface area contributed by atoms with Crippen LogP contribution < -0.4 is 10.6 Å².